The van der Waals surface area contributed by atoms with Crippen LogP contribution in [0.2, 0.25) is 0 Å². The van der Waals surface area contributed by atoms with Gasteiger partial charge in [-0.2, -0.15) is 0 Å². The number of ether oxygens (including phenoxy) is 3. The summed E-state index contributed by atoms with van der Waals surface area (Å²) in [6, 6.07) is 0. The predicted octanol–water partition coefficient (Wildman–Crippen LogP) is 0.435. The SMILES string of the molecule is CCOCC(C)OCC(O)COC. The van der Waals surface area contributed by atoms with E-state index in [1.807, 2.05) is 13.8 Å². The van der Waals surface area contributed by atoms with E-state index in [-0.39, 0.29) is 6.10 Å². The molecule has 1 N–H and O–H groups in total. The number of hydrogen-bond acceptors (Lipinski definition) is 4. The van der Waals surface area contributed by atoms with Gasteiger partial charge in [-0.05, 0) is 13.8 Å². The van der Waals surface area contributed by atoms with Crippen molar-refractivity contribution < 1.29 is 19.3 Å². The Morgan fingerprint density at radius 3 is 2.46 bits per heavy atom. The predicted molar refractivity (Wildman–Crippen MR) is 49.8 cm³/mol. The van der Waals surface area contributed by atoms with Gasteiger partial charge in [-0.3, -0.25) is 0 Å². The molecule has 0 bridgehead atoms. The van der Waals surface area contributed by atoms with Gasteiger partial charge in [0, 0.05) is 13.7 Å². The van der Waals surface area contributed by atoms with Gasteiger partial charge in [0.15, 0.2) is 0 Å². The summed E-state index contributed by atoms with van der Waals surface area (Å²) in [4.78, 5) is 0. The van der Waals surface area contributed by atoms with Gasteiger partial charge >= 0.3 is 0 Å². The first-order chi connectivity index (χ1) is 6.20. The zero-order chi connectivity index (χ0) is 10.1. The van der Waals surface area contributed by atoms with Crippen LogP contribution in [0, 0.1) is 0 Å². The smallest absolute Gasteiger partial charge is 0.101 e. The van der Waals surface area contributed by atoms with Crippen molar-refractivity contribution in [3.63, 3.8) is 0 Å². The van der Waals surface area contributed by atoms with E-state index in [1.165, 1.54) is 0 Å². The Morgan fingerprint density at radius 1 is 1.23 bits per heavy atom. The molecule has 0 aromatic heterocycles. The minimum absolute atomic E-state index is 0.0199. The molecule has 0 fully saturated rings. The molecule has 0 spiro atoms. The van der Waals surface area contributed by atoms with Crippen molar-refractivity contribution in [3.05, 3.63) is 0 Å². The fourth-order valence-electron chi connectivity index (χ4n) is 0.848. The molecule has 0 aromatic carbocycles. The molecule has 2 unspecified atom stereocenters. The maximum Gasteiger partial charge on any atom is 0.101 e. The van der Waals surface area contributed by atoms with Gasteiger partial charge in [-0.1, -0.05) is 0 Å². The number of aliphatic hydroxyl groups is 1. The third-order valence-corrected chi connectivity index (χ3v) is 1.49. The third kappa shape index (κ3) is 8.18. The Labute approximate surface area is 79.8 Å². The van der Waals surface area contributed by atoms with E-state index in [0.29, 0.717) is 26.4 Å². The van der Waals surface area contributed by atoms with Crippen LogP contribution in [0.5, 0.6) is 0 Å². The molecule has 0 radical (unpaired) electrons. The van der Waals surface area contributed by atoms with Crippen molar-refractivity contribution in [1.29, 1.82) is 0 Å². The lowest BCUT2D eigenvalue weighted by atomic mass is 10.4. The van der Waals surface area contributed by atoms with Gasteiger partial charge in [-0.25, -0.2) is 0 Å². The summed E-state index contributed by atoms with van der Waals surface area (Å²) in [5.74, 6) is 0. The molecule has 0 heterocycles. The van der Waals surface area contributed by atoms with Gasteiger partial charge in [0.2, 0.25) is 0 Å². The summed E-state index contributed by atoms with van der Waals surface area (Å²) in [6.07, 6.45) is -0.527. The first-order valence-electron chi connectivity index (χ1n) is 4.57. The van der Waals surface area contributed by atoms with Crippen LogP contribution in [0.15, 0.2) is 0 Å². The summed E-state index contributed by atoms with van der Waals surface area (Å²) in [5.41, 5.74) is 0. The lowest BCUT2D eigenvalue weighted by Crippen LogP contribution is -2.26. The summed E-state index contributed by atoms with van der Waals surface area (Å²) >= 11 is 0. The maximum atomic E-state index is 9.23. The van der Waals surface area contributed by atoms with Crippen molar-refractivity contribution in [2.75, 3.05) is 33.5 Å². The van der Waals surface area contributed by atoms with Crippen molar-refractivity contribution in [3.8, 4) is 0 Å². The summed E-state index contributed by atoms with van der Waals surface area (Å²) < 4.78 is 15.2. The van der Waals surface area contributed by atoms with Gasteiger partial charge in [0.05, 0.1) is 25.9 Å². The minimum Gasteiger partial charge on any atom is -0.388 e. The monoisotopic (exact) mass is 192 g/mol. The summed E-state index contributed by atoms with van der Waals surface area (Å²) in [7, 11) is 1.55. The second kappa shape index (κ2) is 8.44. The van der Waals surface area contributed by atoms with Crippen LogP contribution in [-0.4, -0.2) is 50.9 Å². The Bertz CT molecular complexity index is 108. The molecule has 0 saturated heterocycles. The molecule has 80 valence electrons. The van der Waals surface area contributed by atoms with Crippen molar-refractivity contribution in [2.24, 2.45) is 0 Å². The van der Waals surface area contributed by atoms with Crippen LogP contribution in [-0.2, 0) is 14.2 Å². The summed E-state index contributed by atoms with van der Waals surface area (Å²) in [5, 5.41) is 9.23. The Kier molecular flexibility index (Phi) is 8.33. The van der Waals surface area contributed by atoms with Gasteiger partial charge < -0.3 is 19.3 Å². The molecule has 2 atom stereocenters. The van der Waals surface area contributed by atoms with Crippen LogP contribution in [0.4, 0.5) is 0 Å². The van der Waals surface area contributed by atoms with E-state index in [9.17, 15) is 5.11 Å². The normalized spacial score (nSPS) is 15.7. The molecule has 0 aliphatic rings. The van der Waals surface area contributed by atoms with Gasteiger partial charge in [0.1, 0.15) is 6.10 Å². The average molecular weight is 192 g/mol. The molecule has 4 nitrogen and oxygen atoms in total. The Morgan fingerprint density at radius 2 is 1.92 bits per heavy atom. The molecule has 13 heavy (non-hydrogen) atoms. The zero-order valence-electron chi connectivity index (χ0n) is 8.66. The highest BCUT2D eigenvalue weighted by atomic mass is 16.5. The van der Waals surface area contributed by atoms with Crippen molar-refractivity contribution >= 4 is 0 Å². The van der Waals surface area contributed by atoms with E-state index in [2.05, 4.69) is 0 Å². The second-order valence-electron chi connectivity index (χ2n) is 2.91. The van der Waals surface area contributed by atoms with Gasteiger partial charge in [0.25, 0.3) is 0 Å². The van der Waals surface area contributed by atoms with Crippen LogP contribution < -0.4 is 0 Å². The molecule has 0 aliphatic carbocycles. The van der Waals surface area contributed by atoms with Gasteiger partial charge in [-0.15, -0.1) is 0 Å². The van der Waals surface area contributed by atoms with Crippen LogP contribution in [0.1, 0.15) is 13.8 Å². The number of hydrogen-bond donors (Lipinski definition) is 1. The number of methoxy groups -OCH3 is 1. The van der Waals surface area contributed by atoms with Crippen LogP contribution in [0.25, 0.3) is 0 Å². The molecule has 0 aromatic rings. The van der Waals surface area contributed by atoms with Crippen LogP contribution in [0.3, 0.4) is 0 Å². The highest BCUT2D eigenvalue weighted by Crippen LogP contribution is 1.94. The third-order valence-electron chi connectivity index (χ3n) is 1.49. The van der Waals surface area contributed by atoms with E-state index in [4.69, 9.17) is 14.2 Å². The Hall–Kier alpha value is -0.160. The molecular formula is C9H20O4. The fourth-order valence-corrected chi connectivity index (χ4v) is 0.848. The highest BCUT2D eigenvalue weighted by molar-refractivity contribution is 4.54. The second-order valence-corrected chi connectivity index (χ2v) is 2.91. The first-order valence-corrected chi connectivity index (χ1v) is 4.57. The summed E-state index contributed by atoms with van der Waals surface area (Å²) in [6.45, 7) is 5.70. The minimum atomic E-state index is -0.547. The number of aliphatic hydroxyl groups excluding tert-OH is 1. The van der Waals surface area contributed by atoms with E-state index >= 15 is 0 Å². The average Bonchev–Trinajstić information content (AvgIpc) is 2.12. The molecule has 0 aliphatic heterocycles. The van der Waals surface area contributed by atoms with E-state index < -0.39 is 6.10 Å². The topological polar surface area (TPSA) is 47.9 Å². The Balaban J connectivity index is 3.29. The maximum absolute atomic E-state index is 9.23. The lowest BCUT2D eigenvalue weighted by molar-refractivity contribution is -0.0554. The molecule has 0 rings (SSSR count). The molecule has 4 heteroatoms. The highest BCUT2D eigenvalue weighted by Gasteiger charge is 2.07. The van der Waals surface area contributed by atoms with Crippen molar-refractivity contribution in [1.82, 2.24) is 0 Å². The largest absolute Gasteiger partial charge is 0.388 e. The quantitative estimate of drug-likeness (QED) is 0.606. The van der Waals surface area contributed by atoms with Crippen LogP contribution >= 0.6 is 0 Å². The standard InChI is InChI=1S/C9H20O4/c1-4-12-5-8(2)13-7-9(10)6-11-3/h8-10H,4-7H2,1-3H3. The fraction of sp³-hybridized carbons (Fsp3) is 1.00. The van der Waals surface area contributed by atoms with E-state index in [1.54, 1.807) is 7.11 Å². The van der Waals surface area contributed by atoms with Crippen molar-refractivity contribution in [2.45, 2.75) is 26.1 Å². The molecular weight excluding hydrogens is 172 g/mol. The zero-order valence-corrected chi connectivity index (χ0v) is 8.66. The lowest BCUT2D eigenvalue weighted by Gasteiger charge is -2.15. The van der Waals surface area contributed by atoms with E-state index in [0.717, 1.165) is 0 Å². The first kappa shape index (κ1) is 12.8. The molecule has 0 saturated carbocycles. The number of rotatable bonds is 8. The molecule has 0 amide bonds.